The maximum absolute atomic E-state index is 6.30. The Labute approximate surface area is 282 Å². The summed E-state index contributed by atoms with van der Waals surface area (Å²) in [6, 6.07) is 30.3. The Hall–Kier alpha value is -4.25. The summed E-state index contributed by atoms with van der Waals surface area (Å²) >= 11 is 8.08. The fourth-order valence-electron chi connectivity index (χ4n) is 4.48. The molecular formula is C39H43ClN2O3S. The van der Waals surface area contributed by atoms with E-state index in [0.717, 1.165) is 34.3 Å². The molecule has 6 rings (SSSR count). The zero-order valence-electron chi connectivity index (χ0n) is 27.0. The van der Waals surface area contributed by atoms with E-state index in [1.54, 1.807) is 17.6 Å². The lowest BCUT2D eigenvalue weighted by Gasteiger charge is -2.12. The Bertz CT molecular complexity index is 1770. The molecule has 7 heteroatoms. The van der Waals surface area contributed by atoms with Gasteiger partial charge in [0.15, 0.2) is 0 Å². The largest absolute Gasteiger partial charge is 0.492 e. The highest BCUT2D eigenvalue weighted by Crippen LogP contribution is 2.33. The quantitative estimate of drug-likeness (QED) is 0.168. The van der Waals surface area contributed by atoms with Gasteiger partial charge in [0.05, 0.1) is 11.3 Å². The molecule has 0 saturated carbocycles. The van der Waals surface area contributed by atoms with E-state index in [9.17, 15) is 0 Å². The molecule has 0 spiro atoms. The van der Waals surface area contributed by atoms with Crippen molar-refractivity contribution in [1.82, 2.24) is 0 Å². The molecule has 0 amide bonds. The molecular weight excluding hydrogens is 612 g/mol. The zero-order valence-corrected chi connectivity index (χ0v) is 28.6. The predicted molar refractivity (Wildman–Crippen MR) is 196 cm³/mol. The average molecular weight is 655 g/mol. The van der Waals surface area contributed by atoms with E-state index >= 15 is 0 Å². The van der Waals surface area contributed by atoms with Crippen molar-refractivity contribution in [2.45, 2.75) is 34.1 Å². The first-order valence-corrected chi connectivity index (χ1v) is 16.5. The van der Waals surface area contributed by atoms with Gasteiger partial charge in [-0.2, -0.15) is 0 Å². The van der Waals surface area contributed by atoms with E-state index in [0.29, 0.717) is 37.1 Å². The summed E-state index contributed by atoms with van der Waals surface area (Å²) < 4.78 is 16.0. The molecule has 0 bridgehead atoms. The van der Waals surface area contributed by atoms with Gasteiger partial charge in [0.1, 0.15) is 30.5 Å². The van der Waals surface area contributed by atoms with Gasteiger partial charge in [0.25, 0.3) is 0 Å². The van der Waals surface area contributed by atoms with Gasteiger partial charge in [-0.05, 0) is 91.2 Å². The van der Waals surface area contributed by atoms with Gasteiger partial charge in [-0.1, -0.05) is 73.0 Å². The van der Waals surface area contributed by atoms with Crippen LogP contribution in [0.5, 0.6) is 11.5 Å². The molecule has 2 aromatic heterocycles. The molecule has 0 aliphatic heterocycles. The normalized spacial score (nSPS) is 9.89. The number of furan rings is 1. The number of hydrogen-bond acceptors (Lipinski definition) is 6. The van der Waals surface area contributed by atoms with Crippen LogP contribution in [0, 0.1) is 25.7 Å². The highest BCUT2D eigenvalue weighted by molar-refractivity contribution is 7.09. The number of nitrogens with two attached hydrogens (primary N) is 2. The lowest BCUT2D eigenvalue weighted by atomic mass is 10.0. The van der Waals surface area contributed by atoms with Crippen molar-refractivity contribution in [3.63, 3.8) is 0 Å². The summed E-state index contributed by atoms with van der Waals surface area (Å²) in [6.45, 7) is 10.0. The molecule has 5 nitrogen and oxygen atoms in total. The predicted octanol–water partition coefficient (Wildman–Crippen LogP) is 9.59. The highest BCUT2D eigenvalue weighted by atomic mass is 35.5. The minimum Gasteiger partial charge on any atom is -0.492 e. The van der Waals surface area contributed by atoms with Crippen LogP contribution >= 0.6 is 22.9 Å². The molecule has 2 heterocycles. The first-order chi connectivity index (χ1) is 22.4. The first-order valence-electron chi connectivity index (χ1n) is 15.2. The lowest BCUT2D eigenvalue weighted by molar-refractivity contribution is 0.325. The Morgan fingerprint density at radius 2 is 1.50 bits per heavy atom. The molecule has 0 radical (unpaired) electrons. The summed E-state index contributed by atoms with van der Waals surface area (Å²) in [5.41, 5.74) is 13.1. The van der Waals surface area contributed by atoms with Crippen LogP contribution in [0.2, 0.25) is 5.02 Å². The maximum Gasteiger partial charge on any atom is 0.138 e. The fraction of sp³-hybridized carbons (Fsp3) is 0.231. The number of fused-ring (bicyclic) bond motifs is 2. The van der Waals surface area contributed by atoms with E-state index in [1.165, 1.54) is 21.2 Å². The summed E-state index contributed by atoms with van der Waals surface area (Å²) in [7, 11) is 0. The van der Waals surface area contributed by atoms with E-state index in [2.05, 4.69) is 73.5 Å². The van der Waals surface area contributed by atoms with Crippen molar-refractivity contribution in [2.24, 2.45) is 11.5 Å². The van der Waals surface area contributed by atoms with Crippen LogP contribution in [-0.2, 0) is 6.42 Å². The van der Waals surface area contributed by atoms with E-state index < -0.39 is 0 Å². The number of rotatable bonds is 7. The second-order valence-electron chi connectivity index (χ2n) is 10.0. The van der Waals surface area contributed by atoms with Crippen LogP contribution in [0.3, 0.4) is 0 Å². The number of ether oxygens (including phenoxy) is 2. The molecule has 0 saturated heterocycles. The highest BCUT2D eigenvalue weighted by Gasteiger charge is 2.07. The second-order valence-corrected chi connectivity index (χ2v) is 11.6. The van der Waals surface area contributed by atoms with Crippen molar-refractivity contribution in [1.29, 1.82) is 0 Å². The third-order valence-electron chi connectivity index (χ3n) is 6.62. The van der Waals surface area contributed by atoms with Crippen LogP contribution in [0.4, 0.5) is 0 Å². The minimum absolute atomic E-state index is 0.463. The van der Waals surface area contributed by atoms with Crippen molar-refractivity contribution >= 4 is 44.5 Å². The van der Waals surface area contributed by atoms with Gasteiger partial charge in [-0.25, -0.2) is 0 Å². The lowest BCUT2D eigenvalue weighted by Crippen LogP contribution is -2.11. The van der Waals surface area contributed by atoms with Crippen molar-refractivity contribution < 1.29 is 13.9 Å². The van der Waals surface area contributed by atoms with Gasteiger partial charge in [0, 0.05) is 34.5 Å². The van der Waals surface area contributed by atoms with Crippen LogP contribution in [0.1, 0.15) is 35.6 Å². The van der Waals surface area contributed by atoms with Gasteiger partial charge >= 0.3 is 0 Å². The maximum atomic E-state index is 6.30. The number of aryl methyl sites for hydroxylation is 3. The fourth-order valence-corrected chi connectivity index (χ4v) is 5.30. The second kappa shape index (κ2) is 20.0. The van der Waals surface area contributed by atoms with Crippen molar-refractivity contribution in [3.05, 3.63) is 129 Å². The topological polar surface area (TPSA) is 83.6 Å². The SMILES string of the molecule is CC#Cc1ccc2c(Cl)c(OCCN)ccc2c1.CCc1c(OCCN)ccc2ccccc12.Cc1ccco1.Cc1cccs1. The van der Waals surface area contributed by atoms with Gasteiger partial charge in [-0.15, -0.1) is 17.3 Å². The zero-order chi connectivity index (χ0) is 33.1. The van der Waals surface area contributed by atoms with E-state index in [1.807, 2.05) is 62.4 Å². The van der Waals surface area contributed by atoms with Crippen molar-refractivity contribution in [2.75, 3.05) is 26.3 Å². The molecule has 240 valence electrons. The number of thiophene rings is 1. The standard InChI is InChI=1S/C15H14ClNO.C14H17NO.C5H6O.C5H6S/c1-2-3-11-4-6-13-12(10-11)5-7-14(15(13)16)18-9-8-17;1-2-12-13-6-4-3-5-11(13)7-8-14(12)16-10-9-15;2*1-5-3-2-4-6-5/h4-7,10H,8-9,17H2,1H3;3-8H,2,9-10,15H2,1H3;2*2-4H,1H3. The summed E-state index contributed by atoms with van der Waals surface area (Å²) in [5, 5.41) is 7.26. The number of hydrogen-bond donors (Lipinski definition) is 2. The monoisotopic (exact) mass is 654 g/mol. The third-order valence-corrected chi connectivity index (χ3v) is 7.81. The molecule has 4 N–H and O–H groups in total. The van der Waals surface area contributed by atoms with Gasteiger partial charge < -0.3 is 25.4 Å². The smallest absolute Gasteiger partial charge is 0.138 e. The Kier molecular flexibility index (Phi) is 15.7. The molecule has 0 aliphatic carbocycles. The Balaban J connectivity index is 0.000000185. The summed E-state index contributed by atoms with van der Waals surface area (Å²) in [4.78, 5) is 1.38. The Morgan fingerprint density at radius 3 is 2.07 bits per heavy atom. The average Bonchev–Trinajstić information content (AvgIpc) is 3.77. The molecule has 0 atom stereocenters. The summed E-state index contributed by atoms with van der Waals surface area (Å²) in [5.74, 6) is 8.51. The molecule has 4 aromatic carbocycles. The molecule has 0 fully saturated rings. The summed E-state index contributed by atoms with van der Waals surface area (Å²) in [6.07, 6.45) is 2.64. The molecule has 0 aliphatic rings. The van der Waals surface area contributed by atoms with Crippen LogP contribution in [0.15, 0.2) is 107 Å². The van der Waals surface area contributed by atoms with Crippen LogP contribution in [0.25, 0.3) is 21.5 Å². The van der Waals surface area contributed by atoms with Gasteiger partial charge in [0.2, 0.25) is 0 Å². The third kappa shape index (κ3) is 11.3. The number of benzene rings is 4. The van der Waals surface area contributed by atoms with Crippen LogP contribution < -0.4 is 20.9 Å². The molecule has 6 aromatic rings. The first kappa shape index (κ1) is 36.2. The molecule has 0 unspecified atom stereocenters. The Morgan fingerprint density at radius 1 is 0.783 bits per heavy atom. The van der Waals surface area contributed by atoms with E-state index in [-0.39, 0.29) is 0 Å². The molecule has 46 heavy (non-hydrogen) atoms. The minimum atomic E-state index is 0.463. The van der Waals surface area contributed by atoms with Gasteiger partial charge in [-0.3, -0.25) is 0 Å². The number of halogens is 1. The van der Waals surface area contributed by atoms with E-state index in [4.69, 9.17) is 37.0 Å². The van der Waals surface area contributed by atoms with Crippen molar-refractivity contribution in [3.8, 4) is 23.3 Å². The van der Waals surface area contributed by atoms with Crippen LogP contribution in [-0.4, -0.2) is 26.3 Å².